The Balaban J connectivity index is 1.74. The molecule has 1 fully saturated rings. The van der Waals surface area contributed by atoms with Gasteiger partial charge in [-0.05, 0) is 30.5 Å². The van der Waals surface area contributed by atoms with Crippen molar-refractivity contribution in [2.24, 2.45) is 0 Å². The van der Waals surface area contributed by atoms with Crippen molar-refractivity contribution in [3.05, 3.63) is 35.6 Å². The summed E-state index contributed by atoms with van der Waals surface area (Å²) in [6, 6.07) is 6.28. The quantitative estimate of drug-likeness (QED) is 0.895. The molecule has 0 spiro atoms. The predicted molar refractivity (Wildman–Crippen MR) is 78.4 cm³/mol. The number of carbonyl (C=O) groups is 2. The zero-order valence-corrected chi connectivity index (χ0v) is 12.3. The van der Waals surface area contributed by atoms with E-state index in [0.29, 0.717) is 13.0 Å². The van der Waals surface area contributed by atoms with Gasteiger partial charge in [-0.3, -0.25) is 14.5 Å². The van der Waals surface area contributed by atoms with E-state index in [-0.39, 0.29) is 23.5 Å². The minimum atomic E-state index is -0.286. The minimum Gasteiger partial charge on any atom is -0.354 e. The fraction of sp³-hybridized carbons (Fsp3) is 0.500. The Labute approximate surface area is 124 Å². The van der Waals surface area contributed by atoms with Crippen LogP contribution in [0, 0.1) is 5.82 Å². The molecule has 1 N–H and O–H groups in total. The number of hydrogen-bond donors (Lipinski definition) is 1. The lowest BCUT2D eigenvalue weighted by atomic mass is 10.0. The van der Waals surface area contributed by atoms with Gasteiger partial charge in [0.25, 0.3) is 0 Å². The average Bonchev–Trinajstić information content (AvgIpc) is 2.43. The van der Waals surface area contributed by atoms with Gasteiger partial charge in [-0.15, -0.1) is 0 Å². The van der Waals surface area contributed by atoms with Crippen molar-refractivity contribution in [1.29, 1.82) is 0 Å². The van der Waals surface area contributed by atoms with Crippen molar-refractivity contribution < 1.29 is 14.0 Å². The van der Waals surface area contributed by atoms with E-state index in [1.165, 1.54) is 19.1 Å². The molecular formula is C16H21FN2O2. The highest BCUT2D eigenvalue weighted by molar-refractivity contribution is 5.82. The third kappa shape index (κ3) is 5.27. The van der Waals surface area contributed by atoms with E-state index in [9.17, 15) is 14.0 Å². The number of hydrogen-bond acceptors (Lipinski definition) is 3. The third-order valence-electron chi connectivity index (χ3n) is 3.71. The monoisotopic (exact) mass is 292 g/mol. The summed E-state index contributed by atoms with van der Waals surface area (Å²) >= 11 is 0. The summed E-state index contributed by atoms with van der Waals surface area (Å²) in [5, 5.41) is 2.91. The maximum atomic E-state index is 12.8. The van der Waals surface area contributed by atoms with Crippen LogP contribution in [0.1, 0.15) is 25.3 Å². The van der Waals surface area contributed by atoms with Gasteiger partial charge in [0.2, 0.25) is 5.91 Å². The number of rotatable bonds is 5. The Kier molecular flexibility index (Phi) is 5.44. The predicted octanol–water partition coefficient (Wildman–Crippen LogP) is 1.54. The molecule has 5 heteroatoms. The number of piperidine rings is 1. The van der Waals surface area contributed by atoms with Crippen LogP contribution in [-0.2, 0) is 16.0 Å². The first-order valence-electron chi connectivity index (χ1n) is 7.28. The molecule has 1 aliphatic rings. The number of nitrogens with one attached hydrogen (secondary N) is 1. The van der Waals surface area contributed by atoms with Crippen LogP contribution in [0.4, 0.5) is 4.39 Å². The molecule has 0 aromatic heterocycles. The van der Waals surface area contributed by atoms with E-state index in [1.807, 2.05) is 0 Å². The molecule has 1 amide bonds. The van der Waals surface area contributed by atoms with Crippen LogP contribution < -0.4 is 5.32 Å². The SMILES string of the molecule is CC(=O)NC1CCN(CC(=O)Cc2ccc(F)cc2)CC1. The number of benzene rings is 1. The van der Waals surface area contributed by atoms with E-state index in [0.717, 1.165) is 31.5 Å². The molecule has 1 heterocycles. The fourth-order valence-electron chi connectivity index (χ4n) is 2.66. The Morgan fingerprint density at radius 2 is 1.86 bits per heavy atom. The summed E-state index contributed by atoms with van der Waals surface area (Å²) in [7, 11) is 0. The normalized spacial score (nSPS) is 16.7. The first kappa shape index (κ1) is 15.6. The van der Waals surface area contributed by atoms with Gasteiger partial charge >= 0.3 is 0 Å². The summed E-state index contributed by atoms with van der Waals surface area (Å²) in [5.41, 5.74) is 0.842. The first-order valence-corrected chi connectivity index (χ1v) is 7.28. The standard InChI is InChI=1S/C16H21FN2O2/c1-12(20)18-15-6-8-19(9-7-15)11-16(21)10-13-2-4-14(17)5-3-13/h2-5,15H,6-11H2,1H3,(H,18,20). The van der Waals surface area contributed by atoms with Gasteiger partial charge in [-0.2, -0.15) is 0 Å². The highest BCUT2D eigenvalue weighted by Crippen LogP contribution is 2.11. The summed E-state index contributed by atoms with van der Waals surface area (Å²) in [6.07, 6.45) is 2.10. The lowest BCUT2D eigenvalue weighted by molar-refractivity contribution is -0.121. The first-order chi connectivity index (χ1) is 10.0. The van der Waals surface area contributed by atoms with E-state index in [2.05, 4.69) is 10.2 Å². The molecule has 0 aliphatic carbocycles. The highest BCUT2D eigenvalue weighted by atomic mass is 19.1. The van der Waals surface area contributed by atoms with Crippen molar-refractivity contribution in [3.8, 4) is 0 Å². The maximum Gasteiger partial charge on any atom is 0.217 e. The topological polar surface area (TPSA) is 49.4 Å². The van der Waals surface area contributed by atoms with Crippen LogP contribution in [0.2, 0.25) is 0 Å². The lowest BCUT2D eigenvalue weighted by Gasteiger charge is -2.31. The lowest BCUT2D eigenvalue weighted by Crippen LogP contribution is -2.45. The van der Waals surface area contributed by atoms with Crippen LogP contribution in [0.5, 0.6) is 0 Å². The van der Waals surface area contributed by atoms with E-state index in [4.69, 9.17) is 0 Å². The van der Waals surface area contributed by atoms with Gasteiger partial charge in [0.1, 0.15) is 5.82 Å². The van der Waals surface area contributed by atoms with Crippen molar-refractivity contribution in [1.82, 2.24) is 10.2 Å². The molecule has 1 aliphatic heterocycles. The maximum absolute atomic E-state index is 12.8. The van der Waals surface area contributed by atoms with Crippen LogP contribution >= 0.6 is 0 Å². The molecule has 0 unspecified atom stereocenters. The zero-order valence-electron chi connectivity index (χ0n) is 12.3. The third-order valence-corrected chi connectivity index (χ3v) is 3.71. The molecule has 0 saturated carbocycles. The number of likely N-dealkylation sites (tertiary alicyclic amines) is 1. The second kappa shape index (κ2) is 7.31. The summed E-state index contributed by atoms with van der Waals surface area (Å²) in [6.45, 7) is 3.59. The molecule has 0 bridgehead atoms. The number of halogens is 1. The zero-order chi connectivity index (χ0) is 15.2. The molecule has 114 valence electrons. The van der Waals surface area contributed by atoms with Gasteiger partial charge in [0.15, 0.2) is 5.78 Å². The van der Waals surface area contributed by atoms with Crippen molar-refractivity contribution >= 4 is 11.7 Å². The second-order valence-electron chi connectivity index (χ2n) is 5.59. The van der Waals surface area contributed by atoms with Crippen molar-refractivity contribution in [2.75, 3.05) is 19.6 Å². The average molecular weight is 292 g/mol. The number of nitrogens with zero attached hydrogens (tertiary/aromatic N) is 1. The number of ketones is 1. The molecule has 0 atom stereocenters. The van der Waals surface area contributed by atoms with Crippen molar-refractivity contribution in [2.45, 2.75) is 32.2 Å². The van der Waals surface area contributed by atoms with Crippen LogP contribution in [0.15, 0.2) is 24.3 Å². The molecule has 1 saturated heterocycles. The van der Waals surface area contributed by atoms with Gasteiger partial charge in [0.05, 0.1) is 6.54 Å². The molecule has 0 radical (unpaired) electrons. The Hall–Kier alpha value is -1.75. The molecule has 2 rings (SSSR count). The summed E-state index contributed by atoms with van der Waals surface area (Å²) in [4.78, 5) is 25.1. The van der Waals surface area contributed by atoms with Crippen LogP contribution in [-0.4, -0.2) is 42.3 Å². The number of amides is 1. The smallest absolute Gasteiger partial charge is 0.217 e. The van der Waals surface area contributed by atoms with E-state index >= 15 is 0 Å². The Morgan fingerprint density at radius 1 is 1.24 bits per heavy atom. The summed E-state index contributed by atoms with van der Waals surface area (Å²) < 4.78 is 12.8. The van der Waals surface area contributed by atoms with E-state index in [1.54, 1.807) is 12.1 Å². The summed E-state index contributed by atoms with van der Waals surface area (Å²) in [5.74, 6) is -0.147. The fourth-order valence-corrected chi connectivity index (χ4v) is 2.66. The van der Waals surface area contributed by atoms with Crippen LogP contribution in [0.25, 0.3) is 0 Å². The highest BCUT2D eigenvalue weighted by Gasteiger charge is 2.21. The van der Waals surface area contributed by atoms with Gasteiger partial charge < -0.3 is 5.32 Å². The van der Waals surface area contributed by atoms with E-state index < -0.39 is 0 Å². The number of carbonyl (C=O) groups excluding carboxylic acids is 2. The largest absolute Gasteiger partial charge is 0.354 e. The van der Waals surface area contributed by atoms with Gasteiger partial charge in [-0.25, -0.2) is 4.39 Å². The Morgan fingerprint density at radius 3 is 2.43 bits per heavy atom. The van der Waals surface area contributed by atoms with Crippen LogP contribution in [0.3, 0.4) is 0 Å². The van der Waals surface area contributed by atoms with Crippen molar-refractivity contribution in [3.63, 3.8) is 0 Å². The molecule has 4 nitrogen and oxygen atoms in total. The van der Waals surface area contributed by atoms with Gasteiger partial charge in [-0.1, -0.05) is 12.1 Å². The molecule has 1 aromatic rings. The number of Topliss-reactive ketones (excluding diaryl/α,β-unsaturated/α-hetero) is 1. The Bertz CT molecular complexity index is 494. The van der Waals surface area contributed by atoms with Gasteiger partial charge in [0, 0.05) is 32.5 Å². The molecule has 1 aromatic carbocycles. The minimum absolute atomic E-state index is 0.000774. The second-order valence-corrected chi connectivity index (χ2v) is 5.59. The molecular weight excluding hydrogens is 271 g/mol. The molecule has 21 heavy (non-hydrogen) atoms.